The fourth-order valence-electron chi connectivity index (χ4n) is 7.51. The predicted octanol–water partition coefficient (Wildman–Crippen LogP) is 7.34. The van der Waals surface area contributed by atoms with Gasteiger partial charge in [0.2, 0.25) is 0 Å². The zero-order valence-electron chi connectivity index (χ0n) is 23.6. The van der Waals surface area contributed by atoms with Gasteiger partial charge in [0.1, 0.15) is 0 Å². The van der Waals surface area contributed by atoms with E-state index in [2.05, 4.69) is 70.5 Å². The zero-order chi connectivity index (χ0) is 28.2. The molecule has 3 aromatic rings. The number of benzene rings is 3. The molecule has 1 saturated carbocycles. The molecule has 2 heterocycles. The van der Waals surface area contributed by atoms with Crippen molar-refractivity contribution >= 4 is 23.4 Å². The van der Waals surface area contributed by atoms with Gasteiger partial charge in [0.15, 0.2) is 0 Å². The predicted molar refractivity (Wildman–Crippen MR) is 165 cm³/mol. The van der Waals surface area contributed by atoms with Crippen LogP contribution in [0, 0.1) is 29.1 Å². The molecule has 2 saturated heterocycles. The third-order valence-electron chi connectivity index (χ3n) is 9.68. The van der Waals surface area contributed by atoms with Crippen molar-refractivity contribution in [3.63, 3.8) is 0 Å². The first kappa shape index (κ1) is 27.9. The molecule has 0 aromatic heterocycles. The molecular weight excluding hydrogens is 526 g/mol. The number of nitrogens with zero attached hydrogens (tertiary/aromatic N) is 3. The molecule has 1 N–H and O–H groups in total. The van der Waals surface area contributed by atoms with Gasteiger partial charge in [-0.05, 0) is 105 Å². The molecule has 212 valence electrons. The highest BCUT2D eigenvalue weighted by molar-refractivity contribution is 7.99. The molecule has 0 amide bonds. The lowest BCUT2D eigenvalue weighted by Crippen LogP contribution is -2.53. The minimum absolute atomic E-state index is 0.313. The van der Waals surface area contributed by atoms with E-state index in [1.54, 1.807) is 23.9 Å². The van der Waals surface area contributed by atoms with Crippen molar-refractivity contribution in [1.82, 2.24) is 4.90 Å². The number of nitriles is 1. The van der Waals surface area contributed by atoms with Crippen LogP contribution in [0.5, 0.6) is 0 Å². The van der Waals surface area contributed by atoms with E-state index in [9.17, 15) is 10.1 Å². The van der Waals surface area contributed by atoms with E-state index < -0.39 is 5.97 Å². The maximum absolute atomic E-state index is 11.1. The number of hydrogen-bond donors (Lipinski definition) is 1. The van der Waals surface area contributed by atoms with E-state index in [1.165, 1.54) is 36.9 Å². The van der Waals surface area contributed by atoms with Gasteiger partial charge in [-0.1, -0.05) is 54.9 Å². The minimum Gasteiger partial charge on any atom is -0.478 e. The quantitative estimate of drug-likeness (QED) is 0.293. The van der Waals surface area contributed by atoms with Crippen molar-refractivity contribution in [2.45, 2.75) is 53.7 Å². The molecule has 2 aliphatic heterocycles. The molecule has 3 fully saturated rings. The normalized spacial score (nSPS) is 20.3. The summed E-state index contributed by atoms with van der Waals surface area (Å²) in [6.45, 7) is 5.54. The number of aromatic carboxylic acids is 1. The summed E-state index contributed by atoms with van der Waals surface area (Å²) in [7, 11) is 0. The maximum Gasteiger partial charge on any atom is 0.335 e. The lowest BCUT2D eigenvalue weighted by atomic mass is 9.60. The summed E-state index contributed by atoms with van der Waals surface area (Å²) in [6.07, 6.45) is 7.16. The van der Waals surface area contributed by atoms with Crippen LogP contribution in [0.15, 0.2) is 88.7 Å². The number of anilines is 1. The Kier molecular flexibility index (Phi) is 8.37. The van der Waals surface area contributed by atoms with E-state index in [0.717, 1.165) is 55.4 Å². The standard InChI is InChI=1S/C35H39N3O2S/c36-25-35(29-8-4-5-9-29,28-6-2-1-3-7-28)30-18-20-37(21-19-30)22-26-23-38(24-26)31-12-16-33(17-13-31)41-32-14-10-27(11-15-32)34(39)40/h1-3,6-7,10-17,26,29-30H,4-5,8-9,18-24H2,(H,39,40). The Hall–Kier alpha value is -3.27. The molecule has 0 radical (unpaired) electrons. The first-order valence-corrected chi connectivity index (χ1v) is 15.9. The van der Waals surface area contributed by atoms with Crippen LogP contribution in [0.3, 0.4) is 0 Å². The average Bonchev–Trinajstić information content (AvgIpc) is 3.53. The van der Waals surface area contributed by atoms with Gasteiger partial charge in [0.05, 0.1) is 17.0 Å². The summed E-state index contributed by atoms with van der Waals surface area (Å²) in [5.74, 6) is 0.734. The van der Waals surface area contributed by atoms with Crippen LogP contribution in [-0.4, -0.2) is 48.7 Å². The van der Waals surface area contributed by atoms with Crippen LogP contribution in [0.1, 0.15) is 54.4 Å². The maximum atomic E-state index is 11.1. The van der Waals surface area contributed by atoms with E-state index >= 15 is 0 Å². The fraction of sp³-hybridized carbons (Fsp3) is 0.429. The SMILES string of the molecule is N#CC(c1ccccc1)(C1CCCC1)C1CCN(CC2CN(c3ccc(Sc4ccc(C(=O)O)cc4)cc3)C2)CC1. The van der Waals surface area contributed by atoms with Gasteiger partial charge in [-0.15, -0.1) is 0 Å². The molecule has 5 nitrogen and oxygen atoms in total. The Morgan fingerprint density at radius 3 is 2.02 bits per heavy atom. The second-order valence-electron chi connectivity index (χ2n) is 12.1. The summed E-state index contributed by atoms with van der Waals surface area (Å²) in [5.41, 5.74) is 2.50. The summed E-state index contributed by atoms with van der Waals surface area (Å²) >= 11 is 1.65. The molecule has 3 aromatic carbocycles. The second kappa shape index (κ2) is 12.3. The van der Waals surface area contributed by atoms with Gasteiger partial charge < -0.3 is 14.9 Å². The van der Waals surface area contributed by atoms with Crippen molar-refractivity contribution in [3.8, 4) is 6.07 Å². The van der Waals surface area contributed by atoms with Crippen LogP contribution in [-0.2, 0) is 5.41 Å². The monoisotopic (exact) mass is 565 g/mol. The Labute approximate surface area is 248 Å². The van der Waals surface area contributed by atoms with Crippen LogP contribution < -0.4 is 4.90 Å². The largest absolute Gasteiger partial charge is 0.478 e. The Morgan fingerprint density at radius 1 is 0.854 bits per heavy atom. The highest BCUT2D eigenvalue weighted by Gasteiger charge is 2.48. The Bertz CT molecular complexity index is 1350. The smallest absolute Gasteiger partial charge is 0.335 e. The molecule has 0 bridgehead atoms. The van der Waals surface area contributed by atoms with Gasteiger partial charge in [-0.25, -0.2) is 4.79 Å². The number of likely N-dealkylation sites (tertiary alicyclic amines) is 1. The van der Waals surface area contributed by atoms with Crippen molar-refractivity contribution in [2.75, 3.05) is 37.6 Å². The fourth-order valence-corrected chi connectivity index (χ4v) is 8.32. The molecule has 0 spiro atoms. The summed E-state index contributed by atoms with van der Waals surface area (Å²) < 4.78 is 0. The van der Waals surface area contributed by atoms with Gasteiger partial charge in [0.25, 0.3) is 0 Å². The van der Waals surface area contributed by atoms with Crippen molar-refractivity contribution < 1.29 is 9.90 Å². The third kappa shape index (κ3) is 5.89. The lowest BCUT2D eigenvalue weighted by Gasteiger charge is -2.47. The molecular formula is C35H39N3O2S. The molecule has 41 heavy (non-hydrogen) atoms. The molecule has 6 rings (SSSR count). The summed E-state index contributed by atoms with van der Waals surface area (Å²) in [4.78, 5) is 18.4. The number of carboxylic acid groups (broad SMARTS) is 1. The number of piperidine rings is 1. The number of carboxylic acids is 1. The average molecular weight is 566 g/mol. The Balaban J connectivity index is 0.996. The Morgan fingerprint density at radius 2 is 1.44 bits per heavy atom. The zero-order valence-corrected chi connectivity index (χ0v) is 24.4. The molecule has 1 atom stereocenters. The van der Waals surface area contributed by atoms with Crippen LogP contribution in [0.4, 0.5) is 5.69 Å². The van der Waals surface area contributed by atoms with Crippen LogP contribution in [0.25, 0.3) is 0 Å². The van der Waals surface area contributed by atoms with Crippen LogP contribution >= 0.6 is 11.8 Å². The molecule has 3 aliphatic rings. The lowest BCUT2D eigenvalue weighted by molar-refractivity contribution is 0.0697. The number of rotatable bonds is 9. The van der Waals surface area contributed by atoms with E-state index in [0.29, 0.717) is 23.3 Å². The first-order chi connectivity index (χ1) is 20.0. The van der Waals surface area contributed by atoms with Crippen LogP contribution in [0.2, 0.25) is 0 Å². The minimum atomic E-state index is -0.897. The van der Waals surface area contributed by atoms with Crippen molar-refractivity contribution in [3.05, 3.63) is 90.0 Å². The molecule has 1 aliphatic carbocycles. The first-order valence-electron chi connectivity index (χ1n) is 15.1. The van der Waals surface area contributed by atoms with E-state index in [4.69, 9.17) is 5.11 Å². The molecule has 1 unspecified atom stereocenters. The van der Waals surface area contributed by atoms with E-state index in [1.807, 2.05) is 12.1 Å². The molecule has 6 heteroatoms. The van der Waals surface area contributed by atoms with Gasteiger partial charge in [-0.2, -0.15) is 5.26 Å². The van der Waals surface area contributed by atoms with E-state index in [-0.39, 0.29) is 5.41 Å². The third-order valence-corrected chi connectivity index (χ3v) is 10.7. The van der Waals surface area contributed by atoms with Gasteiger partial charge in [-0.3, -0.25) is 0 Å². The number of hydrogen-bond acceptors (Lipinski definition) is 5. The highest BCUT2D eigenvalue weighted by Crippen LogP contribution is 2.50. The summed E-state index contributed by atoms with van der Waals surface area (Å²) in [6, 6.07) is 29.4. The topological polar surface area (TPSA) is 67.6 Å². The van der Waals surface area contributed by atoms with Crippen molar-refractivity contribution in [2.24, 2.45) is 17.8 Å². The van der Waals surface area contributed by atoms with Gasteiger partial charge >= 0.3 is 5.97 Å². The summed E-state index contributed by atoms with van der Waals surface area (Å²) in [5, 5.41) is 19.8. The highest BCUT2D eigenvalue weighted by atomic mass is 32.2. The second-order valence-corrected chi connectivity index (χ2v) is 13.2. The van der Waals surface area contributed by atoms with Crippen molar-refractivity contribution in [1.29, 1.82) is 5.26 Å². The van der Waals surface area contributed by atoms with Gasteiger partial charge in [0, 0.05) is 41.0 Å². The number of carbonyl (C=O) groups is 1.